The van der Waals surface area contributed by atoms with Gasteiger partial charge in [0.15, 0.2) is 0 Å². The van der Waals surface area contributed by atoms with Gasteiger partial charge in [0.1, 0.15) is 0 Å². The summed E-state index contributed by atoms with van der Waals surface area (Å²) in [6.07, 6.45) is 2.70. The average molecular weight is 243 g/mol. The van der Waals surface area contributed by atoms with Crippen LogP contribution in [0.3, 0.4) is 0 Å². The van der Waals surface area contributed by atoms with Crippen LogP contribution in [0.15, 0.2) is 0 Å². The molecule has 1 heterocycles. The molecule has 17 heavy (non-hydrogen) atoms. The summed E-state index contributed by atoms with van der Waals surface area (Å²) < 4.78 is 0. The van der Waals surface area contributed by atoms with Crippen LogP contribution in [0, 0.1) is 0 Å². The number of likely N-dealkylation sites (tertiary alicyclic amines) is 1. The van der Waals surface area contributed by atoms with E-state index in [0.29, 0.717) is 13.1 Å². The summed E-state index contributed by atoms with van der Waals surface area (Å²) in [5.74, 6) is 0. The van der Waals surface area contributed by atoms with Gasteiger partial charge in [0.25, 0.3) is 0 Å². The minimum absolute atomic E-state index is 0.0621. The van der Waals surface area contributed by atoms with E-state index < -0.39 is 0 Å². The Labute approximate surface area is 104 Å². The lowest BCUT2D eigenvalue weighted by Crippen LogP contribution is -2.57. The van der Waals surface area contributed by atoms with Gasteiger partial charge in [-0.05, 0) is 25.8 Å². The lowest BCUT2D eigenvalue weighted by Gasteiger charge is -2.42. The van der Waals surface area contributed by atoms with Crippen LogP contribution in [0.1, 0.15) is 26.2 Å². The Balaban J connectivity index is 2.50. The van der Waals surface area contributed by atoms with E-state index >= 15 is 0 Å². The zero-order chi connectivity index (χ0) is 12.9. The van der Waals surface area contributed by atoms with Gasteiger partial charge in [0, 0.05) is 32.7 Å². The highest BCUT2D eigenvalue weighted by atomic mass is 16.3. The Morgan fingerprint density at radius 1 is 1.41 bits per heavy atom. The molecule has 0 saturated carbocycles. The van der Waals surface area contributed by atoms with Crippen LogP contribution in [0.25, 0.3) is 0 Å². The normalized spacial score (nSPS) is 19.2. The third-order valence-corrected chi connectivity index (χ3v) is 3.43. The predicted molar refractivity (Wildman–Crippen MR) is 68.0 cm³/mol. The van der Waals surface area contributed by atoms with E-state index in [0.717, 1.165) is 25.8 Å². The number of carbonyl (C=O) groups is 1. The van der Waals surface area contributed by atoms with Crippen LogP contribution in [0.5, 0.6) is 0 Å². The standard InChI is InChI=1S/C12H25N3O2/c1-4-7-13-12(10-16)5-8-15(9-6-12)11(17)14(2)3/h13,16H,4-10H2,1-3H3. The van der Waals surface area contributed by atoms with Crippen molar-refractivity contribution in [3.63, 3.8) is 0 Å². The Morgan fingerprint density at radius 2 is 2.00 bits per heavy atom. The van der Waals surface area contributed by atoms with Gasteiger partial charge in [0.2, 0.25) is 0 Å². The number of rotatable bonds is 4. The first-order valence-corrected chi connectivity index (χ1v) is 6.37. The van der Waals surface area contributed by atoms with Crippen molar-refractivity contribution < 1.29 is 9.90 Å². The topological polar surface area (TPSA) is 55.8 Å². The zero-order valence-corrected chi connectivity index (χ0v) is 11.2. The lowest BCUT2D eigenvalue weighted by molar-refractivity contribution is 0.0825. The van der Waals surface area contributed by atoms with Gasteiger partial charge in [-0.3, -0.25) is 0 Å². The first kappa shape index (κ1) is 14.3. The first-order chi connectivity index (χ1) is 8.04. The highest BCUT2D eigenvalue weighted by Crippen LogP contribution is 2.22. The molecule has 100 valence electrons. The molecule has 5 heteroatoms. The fourth-order valence-corrected chi connectivity index (χ4v) is 2.19. The molecule has 1 aliphatic rings. The fourth-order valence-electron chi connectivity index (χ4n) is 2.19. The van der Waals surface area contributed by atoms with Crippen LogP contribution >= 0.6 is 0 Å². The number of nitrogens with one attached hydrogen (secondary N) is 1. The summed E-state index contributed by atoms with van der Waals surface area (Å²) in [5, 5.41) is 12.9. The van der Waals surface area contributed by atoms with Gasteiger partial charge in [-0.1, -0.05) is 6.92 Å². The summed E-state index contributed by atoms with van der Waals surface area (Å²) in [5.41, 5.74) is -0.181. The van der Waals surface area contributed by atoms with Gasteiger partial charge in [-0.25, -0.2) is 4.79 Å². The molecule has 0 unspecified atom stereocenters. The van der Waals surface area contributed by atoms with E-state index in [1.165, 1.54) is 0 Å². The number of amides is 2. The number of hydrogen-bond donors (Lipinski definition) is 2. The van der Waals surface area contributed by atoms with Crippen molar-refractivity contribution >= 4 is 6.03 Å². The molecule has 0 aromatic carbocycles. The summed E-state index contributed by atoms with van der Waals surface area (Å²) in [6.45, 7) is 4.62. The smallest absolute Gasteiger partial charge is 0.319 e. The molecular weight excluding hydrogens is 218 g/mol. The fraction of sp³-hybridized carbons (Fsp3) is 0.917. The predicted octanol–water partition coefficient (Wildman–Crippen LogP) is 0.494. The number of aliphatic hydroxyl groups excluding tert-OH is 1. The molecule has 0 spiro atoms. The average Bonchev–Trinajstić information content (AvgIpc) is 2.36. The van der Waals surface area contributed by atoms with E-state index in [1.807, 2.05) is 4.90 Å². The van der Waals surface area contributed by atoms with Crippen molar-refractivity contribution in [3.05, 3.63) is 0 Å². The number of piperidine rings is 1. The van der Waals surface area contributed by atoms with E-state index in [1.54, 1.807) is 19.0 Å². The molecule has 0 aliphatic carbocycles. The first-order valence-electron chi connectivity index (χ1n) is 6.37. The number of urea groups is 1. The Hall–Kier alpha value is -0.810. The minimum atomic E-state index is -0.181. The van der Waals surface area contributed by atoms with Gasteiger partial charge >= 0.3 is 6.03 Å². The molecule has 1 aliphatic heterocycles. The molecular formula is C12H25N3O2. The number of aliphatic hydroxyl groups is 1. The molecule has 0 atom stereocenters. The Morgan fingerprint density at radius 3 is 2.41 bits per heavy atom. The van der Waals surface area contributed by atoms with Crippen LogP contribution in [-0.2, 0) is 0 Å². The molecule has 2 N–H and O–H groups in total. The Kier molecular flexibility index (Phi) is 5.21. The van der Waals surface area contributed by atoms with Crippen molar-refractivity contribution in [3.8, 4) is 0 Å². The molecule has 1 saturated heterocycles. The van der Waals surface area contributed by atoms with Gasteiger partial charge in [-0.15, -0.1) is 0 Å². The maximum absolute atomic E-state index is 11.8. The van der Waals surface area contributed by atoms with Gasteiger partial charge in [-0.2, -0.15) is 0 Å². The maximum Gasteiger partial charge on any atom is 0.319 e. The van der Waals surface area contributed by atoms with E-state index in [4.69, 9.17) is 0 Å². The third-order valence-electron chi connectivity index (χ3n) is 3.43. The monoisotopic (exact) mass is 243 g/mol. The molecule has 1 fully saturated rings. The SMILES string of the molecule is CCCNC1(CO)CCN(C(=O)N(C)C)CC1. The lowest BCUT2D eigenvalue weighted by atomic mass is 9.88. The maximum atomic E-state index is 11.8. The quantitative estimate of drug-likeness (QED) is 0.756. The van der Waals surface area contributed by atoms with Crippen molar-refractivity contribution in [2.75, 3.05) is 40.3 Å². The second kappa shape index (κ2) is 6.21. The second-order valence-corrected chi connectivity index (χ2v) is 5.03. The molecule has 0 bridgehead atoms. The van der Waals surface area contributed by atoms with Crippen LogP contribution < -0.4 is 5.32 Å². The molecule has 0 aromatic rings. The van der Waals surface area contributed by atoms with Crippen molar-refractivity contribution in [2.45, 2.75) is 31.7 Å². The van der Waals surface area contributed by atoms with Crippen molar-refractivity contribution in [1.29, 1.82) is 0 Å². The minimum Gasteiger partial charge on any atom is -0.394 e. The number of carbonyl (C=O) groups excluding carboxylic acids is 1. The van der Waals surface area contributed by atoms with Crippen LogP contribution in [0.4, 0.5) is 4.79 Å². The molecule has 2 amide bonds. The second-order valence-electron chi connectivity index (χ2n) is 5.03. The summed E-state index contributed by atoms with van der Waals surface area (Å²) in [7, 11) is 3.54. The molecule has 5 nitrogen and oxygen atoms in total. The molecule has 0 radical (unpaired) electrons. The van der Waals surface area contributed by atoms with Crippen molar-refractivity contribution in [2.24, 2.45) is 0 Å². The molecule has 0 aromatic heterocycles. The Bertz CT molecular complexity index is 248. The van der Waals surface area contributed by atoms with E-state index in [-0.39, 0.29) is 18.2 Å². The van der Waals surface area contributed by atoms with Crippen LogP contribution in [-0.4, -0.2) is 66.8 Å². The summed E-state index contributed by atoms with van der Waals surface area (Å²) >= 11 is 0. The third kappa shape index (κ3) is 3.57. The highest BCUT2D eigenvalue weighted by Gasteiger charge is 2.35. The van der Waals surface area contributed by atoms with Gasteiger partial charge < -0.3 is 20.2 Å². The summed E-state index contributed by atoms with van der Waals surface area (Å²) in [4.78, 5) is 15.2. The van der Waals surface area contributed by atoms with E-state index in [2.05, 4.69) is 12.2 Å². The molecule has 1 rings (SSSR count). The number of nitrogens with zero attached hydrogens (tertiary/aromatic N) is 2. The van der Waals surface area contributed by atoms with Crippen LogP contribution in [0.2, 0.25) is 0 Å². The highest BCUT2D eigenvalue weighted by molar-refractivity contribution is 5.73. The number of hydrogen-bond acceptors (Lipinski definition) is 3. The largest absolute Gasteiger partial charge is 0.394 e. The van der Waals surface area contributed by atoms with E-state index in [9.17, 15) is 9.90 Å². The zero-order valence-electron chi connectivity index (χ0n) is 11.2. The van der Waals surface area contributed by atoms with Crippen molar-refractivity contribution in [1.82, 2.24) is 15.1 Å². The van der Waals surface area contributed by atoms with Gasteiger partial charge in [0.05, 0.1) is 6.61 Å². The summed E-state index contributed by atoms with van der Waals surface area (Å²) in [6, 6.07) is 0.0621.